The summed E-state index contributed by atoms with van der Waals surface area (Å²) >= 11 is 0. The highest BCUT2D eigenvalue weighted by Crippen LogP contribution is 2.26. The molecule has 0 unspecified atom stereocenters. The van der Waals surface area contributed by atoms with Crippen molar-refractivity contribution in [3.63, 3.8) is 0 Å². The van der Waals surface area contributed by atoms with E-state index in [1.165, 1.54) is 30.6 Å². The minimum absolute atomic E-state index is 0.326. The van der Waals surface area contributed by atoms with Crippen molar-refractivity contribution in [2.24, 2.45) is 5.92 Å². The number of benzene rings is 1. The average Bonchev–Trinajstić information content (AvgIpc) is 3.17. The van der Waals surface area contributed by atoms with Crippen LogP contribution in [-0.2, 0) is 0 Å². The summed E-state index contributed by atoms with van der Waals surface area (Å²) in [4.78, 5) is 23.2. The van der Waals surface area contributed by atoms with Crippen molar-refractivity contribution in [2.75, 3.05) is 23.3 Å². The third-order valence-electron chi connectivity index (χ3n) is 4.96. The molecular weight excluding hydrogens is 359 g/mol. The lowest BCUT2D eigenvalue weighted by Gasteiger charge is -2.32. The predicted octanol–water partition coefficient (Wildman–Crippen LogP) is 3.29. The number of carbonyl (C=O) groups excluding carboxylic acids is 1. The van der Waals surface area contributed by atoms with Gasteiger partial charge in [0.1, 0.15) is 17.8 Å². The van der Waals surface area contributed by atoms with Crippen LogP contribution < -0.4 is 10.2 Å². The van der Waals surface area contributed by atoms with Crippen LogP contribution in [0, 0.1) is 11.7 Å². The molecule has 1 fully saturated rings. The molecule has 1 aliphatic rings. The zero-order valence-corrected chi connectivity index (χ0v) is 15.5. The normalized spacial score (nSPS) is 14.9. The summed E-state index contributed by atoms with van der Waals surface area (Å²) in [6, 6.07) is 5.39. The molecule has 0 bridgehead atoms. The highest BCUT2D eigenvalue weighted by Gasteiger charge is 2.20. The lowest BCUT2D eigenvalue weighted by atomic mass is 9.99. The molecule has 7 nitrogen and oxygen atoms in total. The van der Waals surface area contributed by atoms with Crippen LogP contribution in [-0.4, -0.2) is 38.7 Å². The summed E-state index contributed by atoms with van der Waals surface area (Å²) in [5, 5.41) is 7.11. The highest BCUT2D eigenvalue weighted by atomic mass is 19.1. The maximum absolute atomic E-state index is 13.0. The number of hydrogen-bond donors (Lipinski definition) is 1. The number of piperidine rings is 1. The SMILES string of the molecule is CC1CCN(c2cncnc2-n2cc(NC(=O)c3ccc(F)cc3)cn2)CC1. The Bertz CT molecular complexity index is 963. The quantitative estimate of drug-likeness (QED) is 0.752. The second-order valence-electron chi connectivity index (χ2n) is 7.04. The molecule has 0 spiro atoms. The Labute approximate surface area is 162 Å². The maximum Gasteiger partial charge on any atom is 0.255 e. The molecule has 144 valence electrons. The number of aromatic nitrogens is 4. The number of nitrogens with one attached hydrogen (secondary N) is 1. The van der Waals surface area contributed by atoms with Crippen molar-refractivity contribution in [3.8, 4) is 5.82 Å². The second-order valence-corrected chi connectivity index (χ2v) is 7.04. The van der Waals surface area contributed by atoms with Gasteiger partial charge in [-0.25, -0.2) is 19.0 Å². The lowest BCUT2D eigenvalue weighted by Crippen LogP contribution is -2.33. The molecule has 1 amide bonds. The largest absolute Gasteiger partial charge is 0.367 e. The van der Waals surface area contributed by atoms with Crippen LogP contribution in [0.3, 0.4) is 0 Å². The zero-order chi connectivity index (χ0) is 19.5. The van der Waals surface area contributed by atoms with Crippen LogP contribution in [0.2, 0.25) is 0 Å². The third kappa shape index (κ3) is 3.85. The van der Waals surface area contributed by atoms with Gasteiger partial charge in [0.25, 0.3) is 5.91 Å². The second kappa shape index (κ2) is 7.75. The molecule has 1 saturated heterocycles. The van der Waals surface area contributed by atoms with Crippen molar-refractivity contribution in [1.82, 2.24) is 19.7 Å². The minimum atomic E-state index is -0.382. The fourth-order valence-electron chi connectivity index (χ4n) is 3.27. The van der Waals surface area contributed by atoms with Gasteiger partial charge in [0.2, 0.25) is 0 Å². The van der Waals surface area contributed by atoms with Crippen molar-refractivity contribution in [2.45, 2.75) is 19.8 Å². The Morgan fingerprint density at radius 1 is 1.18 bits per heavy atom. The topological polar surface area (TPSA) is 75.9 Å². The average molecular weight is 380 g/mol. The first kappa shape index (κ1) is 18.1. The van der Waals surface area contributed by atoms with E-state index in [4.69, 9.17) is 0 Å². The number of rotatable bonds is 4. The van der Waals surface area contributed by atoms with E-state index >= 15 is 0 Å². The molecule has 1 aliphatic heterocycles. The molecular formula is C20H21FN6O. The predicted molar refractivity (Wildman–Crippen MR) is 104 cm³/mol. The molecule has 0 radical (unpaired) electrons. The van der Waals surface area contributed by atoms with Crippen LogP contribution in [0.5, 0.6) is 0 Å². The van der Waals surface area contributed by atoms with Gasteiger partial charge in [-0.3, -0.25) is 4.79 Å². The maximum atomic E-state index is 13.0. The van der Waals surface area contributed by atoms with Gasteiger partial charge >= 0.3 is 0 Å². The molecule has 1 N–H and O–H groups in total. The van der Waals surface area contributed by atoms with E-state index in [0.29, 0.717) is 17.1 Å². The van der Waals surface area contributed by atoms with E-state index in [1.807, 2.05) is 0 Å². The van der Waals surface area contributed by atoms with Crippen LogP contribution in [0.1, 0.15) is 30.1 Å². The van der Waals surface area contributed by atoms with Gasteiger partial charge in [0.15, 0.2) is 5.82 Å². The number of nitrogens with zero attached hydrogens (tertiary/aromatic N) is 5. The van der Waals surface area contributed by atoms with E-state index in [9.17, 15) is 9.18 Å². The van der Waals surface area contributed by atoms with Crippen LogP contribution in [0.15, 0.2) is 49.2 Å². The van der Waals surface area contributed by atoms with Gasteiger partial charge in [-0.1, -0.05) is 6.92 Å². The van der Waals surface area contributed by atoms with Gasteiger partial charge in [0.05, 0.1) is 24.3 Å². The van der Waals surface area contributed by atoms with Crippen molar-refractivity contribution >= 4 is 17.3 Å². The molecule has 3 heterocycles. The number of amides is 1. The summed E-state index contributed by atoms with van der Waals surface area (Å²) in [5.74, 6) is 0.689. The highest BCUT2D eigenvalue weighted by molar-refractivity contribution is 6.04. The van der Waals surface area contributed by atoms with Crippen LogP contribution in [0.25, 0.3) is 5.82 Å². The monoisotopic (exact) mass is 380 g/mol. The van der Waals surface area contributed by atoms with Crippen LogP contribution >= 0.6 is 0 Å². The minimum Gasteiger partial charge on any atom is -0.367 e. The number of anilines is 2. The Morgan fingerprint density at radius 2 is 1.93 bits per heavy atom. The molecule has 8 heteroatoms. The molecule has 3 aromatic rings. The van der Waals surface area contributed by atoms with Gasteiger partial charge in [0, 0.05) is 18.7 Å². The first-order valence-electron chi connectivity index (χ1n) is 9.27. The molecule has 2 aromatic heterocycles. The van der Waals surface area contributed by atoms with Gasteiger partial charge in [-0.15, -0.1) is 0 Å². The lowest BCUT2D eigenvalue weighted by molar-refractivity contribution is 0.102. The zero-order valence-electron chi connectivity index (χ0n) is 15.5. The van der Waals surface area contributed by atoms with E-state index < -0.39 is 0 Å². The fraction of sp³-hybridized carbons (Fsp3) is 0.300. The van der Waals surface area contributed by atoms with Crippen LogP contribution in [0.4, 0.5) is 15.8 Å². The Hall–Kier alpha value is -3.29. The molecule has 4 rings (SSSR count). The number of halogens is 1. The summed E-state index contributed by atoms with van der Waals surface area (Å²) in [6.07, 6.45) is 8.82. The number of hydrogen-bond acceptors (Lipinski definition) is 5. The Balaban J connectivity index is 1.53. The third-order valence-corrected chi connectivity index (χ3v) is 4.96. The molecule has 0 aliphatic carbocycles. The summed E-state index contributed by atoms with van der Waals surface area (Å²) in [5.41, 5.74) is 1.83. The smallest absolute Gasteiger partial charge is 0.255 e. The van der Waals surface area contributed by atoms with E-state index in [0.717, 1.165) is 37.5 Å². The summed E-state index contributed by atoms with van der Waals surface area (Å²) in [7, 11) is 0. The van der Waals surface area contributed by atoms with Gasteiger partial charge < -0.3 is 10.2 Å². The summed E-state index contributed by atoms with van der Waals surface area (Å²) < 4.78 is 14.7. The fourth-order valence-corrected chi connectivity index (χ4v) is 3.27. The van der Waals surface area contributed by atoms with E-state index in [-0.39, 0.29) is 11.7 Å². The van der Waals surface area contributed by atoms with E-state index in [1.54, 1.807) is 23.3 Å². The van der Waals surface area contributed by atoms with Crippen molar-refractivity contribution in [1.29, 1.82) is 0 Å². The number of carbonyl (C=O) groups is 1. The van der Waals surface area contributed by atoms with Gasteiger partial charge in [-0.05, 0) is 43.0 Å². The van der Waals surface area contributed by atoms with Crippen molar-refractivity contribution in [3.05, 3.63) is 60.6 Å². The molecule has 0 saturated carbocycles. The Kier molecular flexibility index (Phi) is 5.01. The standard InChI is InChI=1S/C20H21FN6O/c1-14-6-8-26(9-7-14)18-11-22-13-23-19(18)27-12-17(10-24-27)25-20(28)15-2-4-16(21)5-3-15/h2-5,10-14H,6-9H2,1H3,(H,25,28). The van der Waals surface area contributed by atoms with Gasteiger partial charge in [-0.2, -0.15) is 5.10 Å². The molecule has 0 atom stereocenters. The summed E-state index contributed by atoms with van der Waals surface area (Å²) in [6.45, 7) is 4.18. The first-order valence-corrected chi connectivity index (χ1v) is 9.27. The van der Waals surface area contributed by atoms with E-state index in [2.05, 4.69) is 32.2 Å². The molecule has 28 heavy (non-hydrogen) atoms. The van der Waals surface area contributed by atoms with Crippen molar-refractivity contribution < 1.29 is 9.18 Å². The molecule has 1 aromatic carbocycles. The first-order chi connectivity index (χ1) is 13.6. The Morgan fingerprint density at radius 3 is 2.68 bits per heavy atom.